The van der Waals surface area contributed by atoms with Gasteiger partial charge in [0.1, 0.15) is 17.1 Å². The maximum atomic E-state index is 10.7. The van der Waals surface area contributed by atoms with Crippen LogP contribution in [0.1, 0.15) is 17.0 Å². The summed E-state index contributed by atoms with van der Waals surface area (Å²) in [5, 5.41) is 14.9. The number of rotatable bonds is 4. The third kappa shape index (κ3) is 3.75. The number of phenolic OH excluding ortho intramolecular Hbond substituents is 1. The zero-order chi connectivity index (χ0) is 18.8. The Kier molecular flexibility index (Phi) is 4.73. The molecule has 0 atom stereocenters. The number of hydrogen-bond acceptors (Lipinski definition) is 5. The first-order chi connectivity index (χ1) is 13.1. The van der Waals surface area contributed by atoms with Crippen LogP contribution in [0.3, 0.4) is 0 Å². The lowest BCUT2D eigenvalue weighted by Crippen LogP contribution is -2.02. The Morgan fingerprint density at radius 2 is 1.96 bits per heavy atom. The van der Waals surface area contributed by atoms with Crippen LogP contribution in [0, 0.1) is 6.92 Å². The highest BCUT2D eigenvalue weighted by Gasteiger charge is 2.12. The lowest BCUT2D eigenvalue weighted by molar-refractivity contribution is 0.474. The highest BCUT2D eigenvalue weighted by molar-refractivity contribution is 9.10. The van der Waals surface area contributed by atoms with E-state index in [2.05, 4.69) is 36.2 Å². The van der Waals surface area contributed by atoms with Gasteiger partial charge in [-0.2, -0.15) is 0 Å². The molecule has 0 bridgehead atoms. The molecule has 0 aliphatic carbocycles. The van der Waals surface area contributed by atoms with Crippen molar-refractivity contribution >= 4 is 38.3 Å². The average molecular weight is 421 g/mol. The van der Waals surface area contributed by atoms with E-state index in [4.69, 9.17) is 0 Å². The Balaban J connectivity index is 1.71. The zero-order valence-electron chi connectivity index (χ0n) is 14.6. The molecule has 0 aliphatic heterocycles. The molecule has 2 N–H and O–H groups in total. The molecule has 4 rings (SSSR count). The van der Waals surface area contributed by atoms with Gasteiger partial charge in [0.05, 0.1) is 11.4 Å². The molecule has 0 radical (unpaired) electrons. The van der Waals surface area contributed by atoms with Crippen molar-refractivity contribution in [2.45, 2.75) is 13.3 Å². The molecule has 0 amide bonds. The van der Waals surface area contributed by atoms with Crippen molar-refractivity contribution in [1.82, 2.24) is 15.0 Å². The van der Waals surface area contributed by atoms with Crippen molar-refractivity contribution in [2.24, 2.45) is 0 Å². The molecule has 134 valence electrons. The van der Waals surface area contributed by atoms with Crippen molar-refractivity contribution in [3.8, 4) is 5.75 Å². The number of aromatic hydroxyl groups is 1. The topological polar surface area (TPSA) is 70.9 Å². The standard InChI is InChI=1S/C21H17BrN4O/c1-13-4-2-6-19(25-13)26-18-11-16(22)12-24-17(18)10-15-8-7-14-5-3-9-23-20(14)21(15)27/h2-9,11-12,27H,10H2,1H3,(H,25,26). The van der Waals surface area contributed by atoms with Crippen molar-refractivity contribution in [3.63, 3.8) is 0 Å². The number of fused-ring (bicyclic) bond motifs is 1. The second-order valence-electron chi connectivity index (χ2n) is 6.26. The van der Waals surface area contributed by atoms with E-state index in [0.717, 1.165) is 38.3 Å². The number of hydrogen-bond donors (Lipinski definition) is 2. The number of anilines is 2. The number of halogens is 1. The molecule has 0 saturated heterocycles. The summed E-state index contributed by atoms with van der Waals surface area (Å²) in [6.45, 7) is 1.95. The Labute approximate surface area is 165 Å². The highest BCUT2D eigenvalue weighted by Crippen LogP contribution is 2.31. The average Bonchev–Trinajstić information content (AvgIpc) is 2.66. The van der Waals surface area contributed by atoms with E-state index < -0.39 is 0 Å². The van der Waals surface area contributed by atoms with Gasteiger partial charge < -0.3 is 10.4 Å². The van der Waals surface area contributed by atoms with Gasteiger partial charge in [0.2, 0.25) is 0 Å². The Hall–Kier alpha value is -2.99. The number of aromatic nitrogens is 3. The van der Waals surface area contributed by atoms with Crippen LogP contribution >= 0.6 is 15.9 Å². The second-order valence-corrected chi connectivity index (χ2v) is 7.18. The summed E-state index contributed by atoms with van der Waals surface area (Å²) in [6.07, 6.45) is 3.90. The maximum absolute atomic E-state index is 10.7. The van der Waals surface area contributed by atoms with Crippen LogP contribution in [0.15, 0.2) is 65.4 Å². The van der Waals surface area contributed by atoms with Gasteiger partial charge in [-0.05, 0) is 47.1 Å². The molecule has 4 aromatic rings. The Morgan fingerprint density at radius 3 is 2.81 bits per heavy atom. The Morgan fingerprint density at radius 1 is 1.07 bits per heavy atom. The molecule has 5 nitrogen and oxygen atoms in total. The van der Waals surface area contributed by atoms with Crippen molar-refractivity contribution < 1.29 is 5.11 Å². The van der Waals surface area contributed by atoms with E-state index in [9.17, 15) is 5.11 Å². The Bertz CT molecular complexity index is 1130. The van der Waals surface area contributed by atoms with Crippen LogP contribution in [-0.2, 0) is 6.42 Å². The molecular formula is C21H17BrN4O. The maximum Gasteiger partial charge on any atom is 0.145 e. The van der Waals surface area contributed by atoms with Gasteiger partial charge in [0.25, 0.3) is 0 Å². The molecule has 0 saturated carbocycles. The van der Waals surface area contributed by atoms with Gasteiger partial charge in [-0.1, -0.05) is 24.3 Å². The third-order valence-corrected chi connectivity index (χ3v) is 4.71. The molecule has 0 fully saturated rings. The summed E-state index contributed by atoms with van der Waals surface area (Å²) in [5.74, 6) is 0.943. The van der Waals surface area contributed by atoms with Crippen LogP contribution in [0.25, 0.3) is 10.9 Å². The van der Waals surface area contributed by atoms with Gasteiger partial charge in [-0.3, -0.25) is 9.97 Å². The molecule has 3 heterocycles. The van der Waals surface area contributed by atoms with E-state index in [-0.39, 0.29) is 5.75 Å². The summed E-state index contributed by atoms with van der Waals surface area (Å²) in [7, 11) is 0. The smallest absolute Gasteiger partial charge is 0.145 e. The monoisotopic (exact) mass is 420 g/mol. The van der Waals surface area contributed by atoms with E-state index in [1.807, 2.05) is 55.5 Å². The number of aryl methyl sites for hydroxylation is 1. The van der Waals surface area contributed by atoms with Gasteiger partial charge in [0, 0.05) is 39.9 Å². The summed E-state index contributed by atoms with van der Waals surface area (Å²) < 4.78 is 0.866. The van der Waals surface area contributed by atoms with Crippen LogP contribution in [0.4, 0.5) is 11.5 Å². The van der Waals surface area contributed by atoms with Gasteiger partial charge in [0.15, 0.2) is 0 Å². The molecule has 6 heteroatoms. The van der Waals surface area contributed by atoms with E-state index in [1.165, 1.54) is 0 Å². The number of phenols is 1. The predicted molar refractivity (Wildman–Crippen MR) is 110 cm³/mol. The minimum Gasteiger partial charge on any atom is -0.505 e. The van der Waals surface area contributed by atoms with Crippen LogP contribution in [-0.4, -0.2) is 20.1 Å². The molecule has 0 spiro atoms. The van der Waals surface area contributed by atoms with E-state index >= 15 is 0 Å². The summed E-state index contributed by atoms with van der Waals surface area (Å²) in [5.41, 5.74) is 3.95. The fourth-order valence-electron chi connectivity index (χ4n) is 2.96. The molecule has 3 aromatic heterocycles. The van der Waals surface area contributed by atoms with E-state index in [1.54, 1.807) is 12.4 Å². The number of nitrogens with zero attached hydrogens (tertiary/aromatic N) is 3. The quantitative estimate of drug-likeness (QED) is 0.478. The number of pyridine rings is 3. The summed E-state index contributed by atoms with van der Waals surface area (Å²) in [6, 6.07) is 15.4. The van der Waals surface area contributed by atoms with Crippen molar-refractivity contribution in [1.29, 1.82) is 0 Å². The fraction of sp³-hybridized carbons (Fsp3) is 0.0952. The number of nitrogens with one attached hydrogen (secondary N) is 1. The lowest BCUT2D eigenvalue weighted by Gasteiger charge is -2.13. The van der Waals surface area contributed by atoms with E-state index in [0.29, 0.717) is 11.9 Å². The first kappa shape index (κ1) is 17.4. The normalized spacial score (nSPS) is 10.9. The first-order valence-corrected chi connectivity index (χ1v) is 9.30. The first-order valence-electron chi connectivity index (χ1n) is 8.51. The lowest BCUT2D eigenvalue weighted by atomic mass is 10.0. The largest absolute Gasteiger partial charge is 0.505 e. The van der Waals surface area contributed by atoms with Crippen molar-refractivity contribution in [3.05, 3.63) is 82.3 Å². The minimum atomic E-state index is 0.192. The molecule has 0 aliphatic rings. The second kappa shape index (κ2) is 7.32. The molecule has 27 heavy (non-hydrogen) atoms. The molecular weight excluding hydrogens is 404 g/mol. The van der Waals surface area contributed by atoms with Crippen molar-refractivity contribution in [2.75, 3.05) is 5.32 Å². The summed E-state index contributed by atoms with van der Waals surface area (Å²) in [4.78, 5) is 13.3. The van der Waals surface area contributed by atoms with Crippen LogP contribution < -0.4 is 5.32 Å². The fourth-order valence-corrected chi connectivity index (χ4v) is 3.29. The minimum absolute atomic E-state index is 0.192. The highest BCUT2D eigenvalue weighted by atomic mass is 79.9. The van der Waals surface area contributed by atoms with Gasteiger partial charge in [-0.15, -0.1) is 0 Å². The molecule has 1 aromatic carbocycles. The molecule has 0 unspecified atom stereocenters. The zero-order valence-corrected chi connectivity index (χ0v) is 16.2. The summed E-state index contributed by atoms with van der Waals surface area (Å²) >= 11 is 3.47. The SMILES string of the molecule is Cc1cccc(Nc2cc(Br)cnc2Cc2ccc3cccnc3c2O)n1. The van der Waals surface area contributed by atoms with Gasteiger partial charge in [-0.25, -0.2) is 4.98 Å². The third-order valence-electron chi connectivity index (χ3n) is 4.28. The van der Waals surface area contributed by atoms with Crippen LogP contribution in [0.2, 0.25) is 0 Å². The number of benzene rings is 1. The predicted octanol–water partition coefficient (Wildman–Crippen LogP) is 5.14. The van der Waals surface area contributed by atoms with Gasteiger partial charge >= 0.3 is 0 Å². The van der Waals surface area contributed by atoms with Crippen LogP contribution in [0.5, 0.6) is 5.75 Å².